The molecule has 2 saturated heterocycles. The Morgan fingerprint density at radius 1 is 1.00 bits per heavy atom. The van der Waals surface area contributed by atoms with Gasteiger partial charge >= 0.3 is 5.97 Å². The van der Waals surface area contributed by atoms with Gasteiger partial charge in [-0.1, -0.05) is 30.3 Å². The van der Waals surface area contributed by atoms with Crippen LogP contribution in [-0.4, -0.2) is 80.4 Å². The molecule has 7 heteroatoms. The number of carbonyl (C=O) groups is 1. The zero-order valence-electron chi connectivity index (χ0n) is 20.4. The Balaban J connectivity index is 1.40. The van der Waals surface area contributed by atoms with E-state index < -0.39 is 0 Å². The summed E-state index contributed by atoms with van der Waals surface area (Å²) in [5.41, 5.74) is 2.11. The SMILES string of the molecule is COC(=O)CC[C@@H]1CN(Cc2ccccc2O)CC[C@@H]1N1CCN(c2ccccc2OC)CC1. The van der Waals surface area contributed by atoms with E-state index in [4.69, 9.17) is 9.47 Å². The fraction of sp³-hybridized carbons (Fsp3) is 0.519. The summed E-state index contributed by atoms with van der Waals surface area (Å²) >= 11 is 0. The molecule has 2 aromatic rings. The minimum Gasteiger partial charge on any atom is -0.508 e. The predicted molar refractivity (Wildman–Crippen MR) is 133 cm³/mol. The van der Waals surface area contributed by atoms with E-state index in [-0.39, 0.29) is 5.97 Å². The standard InChI is InChI=1S/C27H37N3O4/c1-33-26-10-6-4-8-24(26)30-17-15-29(16-18-30)23-13-14-28(19-21(23)11-12-27(32)34-2)20-22-7-3-5-9-25(22)31/h3-10,21,23,31H,11-20H2,1-2H3/t21-,23+/m1/s1. The van der Waals surface area contributed by atoms with Gasteiger partial charge in [-0.05, 0) is 43.5 Å². The van der Waals surface area contributed by atoms with Crippen molar-refractivity contribution in [2.24, 2.45) is 5.92 Å². The summed E-state index contributed by atoms with van der Waals surface area (Å²) in [4.78, 5) is 19.4. The Hall–Kier alpha value is -2.77. The van der Waals surface area contributed by atoms with Gasteiger partial charge in [0.1, 0.15) is 11.5 Å². The second-order valence-electron chi connectivity index (χ2n) is 9.29. The van der Waals surface area contributed by atoms with Crippen LogP contribution in [0.25, 0.3) is 0 Å². The number of hydrogen-bond donors (Lipinski definition) is 1. The zero-order valence-corrected chi connectivity index (χ0v) is 20.4. The number of carbonyl (C=O) groups excluding carboxylic acids is 1. The van der Waals surface area contributed by atoms with Crippen LogP contribution in [0.2, 0.25) is 0 Å². The Kier molecular flexibility index (Phi) is 8.29. The van der Waals surface area contributed by atoms with E-state index in [1.54, 1.807) is 13.2 Å². The molecular formula is C27H37N3O4. The first-order valence-corrected chi connectivity index (χ1v) is 12.3. The molecule has 2 heterocycles. The van der Waals surface area contributed by atoms with Crippen molar-refractivity contribution >= 4 is 11.7 Å². The van der Waals surface area contributed by atoms with E-state index in [2.05, 4.69) is 26.8 Å². The number of likely N-dealkylation sites (tertiary alicyclic amines) is 1. The number of methoxy groups -OCH3 is 2. The number of nitrogens with zero attached hydrogens (tertiary/aromatic N) is 3. The molecule has 0 spiro atoms. The van der Waals surface area contributed by atoms with Gasteiger partial charge in [0.2, 0.25) is 0 Å². The Bertz CT molecular complexity index is 945. The van der Waals surface area contributed by atoms with Crippen LogP contribution < -0.4 is 9.64 Å². The number of anilines is 1. The van der Waals surface area contributed by atoms with Crippen LogP contribution in [0.4, 0.5) is 5.69 Å². The summed E-state index contributed by atoms with van der Waals surface area (Å²) in [5, 5.41) is 10.2. The second-order valence-corrected chi connectivity index (χ2v) is 9.29. The third-order valence-corrected chi connectivity index (χ3v) is 7.32. The van der Waals surface area contributed by atoms with Gasteiger partial charge in [0.05, 0.1) is 19.9 Å². The normalized spacial score (nSPS) is 21.9. The van der Waals surface area contributed by atoms with Crippen molar-refractivity contribution in [1.82, 2.24) is 9.80 Å². The molecule has 0 amide bonds. The Labute approximate surface area is 202 Å². The van der Waals surface area contributed by atoms with E-state index in [1.807, 2.05) is 30.3 Å². The minimum absolute atomic E-state index is 0.141. The molecule has 2 aliphatic rings. The highest BCUT2D eigenvalue weighted by atomic mass is 16.5. The average Bonchev–Trinajstić information content (AvgIpc) is 2.89. The molecule has 2 atom stereocenters. The number of piperazine rings is 1. The number of hydrogen-bond acceptors (Lipinski definition) is 7. The number of benzene rings is 2. The molecule has 0 saturated carbocycles. The van der Waals surface area contributed by atoms with Crippen LogP contribution in [0.15, 0.2) is 48.5 Å². The molecule has 2 aliphatic heterocycles. The quantitative estimate of drug-likeness (QED) is 0.597. The van der Waals surface area contributed by atoms with Gasteiger partial charge in [0, 0.05) is 57.3 Å². The van der Waals surface area contributed by atoms with Crippen molar-refractivity contribution in [3.8, 4) is 11.5 Å². The predicted octanol–water partition coefficient (Wildman–Crippen LogP) is 3.37. The summed E-state index contributed by atoms with van der Waals surface area (Å²) in [7, 11) is 3.19. The highest BCUT2D eigenvalue weighted by Gasteiger charge is 2.35. The van der Waals surface area contributed by atoms with E-state index in [0.29, 0.717) is 24.1 Å². The van der Waals surface area contributed by atoms with Crippen molar-refractivity contribution < 1.29 is 19.4 Å². The van der Waals surface area contributed by atoms with Crippen LogP contribution >= 0.6 is 0 Å². The topological polar surface area (TPSA) is 65.5 Å². The number of phenols is 1. The lowest BCUT2D eigenvalue weighted by atomic mass is 9.86. The summed E-state index contributed by atoms with van der Waals surface area (Å²) in [5.74, 6) is 1.52. The Morgan fingerprint density at radius 3 is 2.47 bits per heavy atom. The molecule has 34 heavy (non-hydrogen) atoms. The number of ether oxygens (including phenoxy) is 2. The van der Waals surface area contributed by atoms with E-state index in [1.165, 1.54) is 7.11 Å². The average molecular weight is 468 g/mol. The van der Waals surface area contributed by atoms with Crippen molar-refractivity contribution in [2.45, 2.75) is 31.8 Å². The minimum atomic E-state index is -0.141. The first kappa shape index (κ1) is 24.4. The van der Waals surface area contributed by atoms with Gasteiger partial charge in [-0.25, -0.2) is 0 Å². The number of piperidine rings is 1. The van der Waals surface area contributed by atoms with Crippen molar-refractivity contribution in [3.63, 3.8) is 0 Å². The zero-order chi connectivity index (χ0) is 23.9. The van der Waals surface area contributed by atoms with Crippen LogP contribution in [0.5, 0.6) is 11.5 Å². The van der Waals surface area contributed by atoms with Crippen LogP contribution in [-0.2, 0) is 16.1 Å². The molecule has 1 N–H and O–H groups in total. The summed E-state index contributed by atoms with van der Waals surface area (Å²) < 4.78 is 10.5. The van der Waals surface area contributed by atoms with E-state index >= 15 is 0 Å². The highest BCUT2D eigenvalue weighted by molar-refractivity contribution is 5.69. The van der Waals surface area contributed by atoms with E-state index in [0.717, 1.165) is 75.7 Å². The fourth-order valence-electron chi connectivity index (χ4n) is 5.48. The van der Waals surface area contributed by atoms with Crippen molar-refractivity contribution in [3.05, 3.63) is 54.1 Å². The molecule has 4 rings (SSSR count). The van der Waals surface area contributed by atoms with Gasteiger partial charge in [-0.2, -0.15) is 0 Å². The first-order chi connectivity index (χ1) is 16.6. The molecule has 0 aromatic heterocycles. The summed E-state index contributed by atoms with van der Waals surface area (Å²) in [6.45, 7) is 6.55. The molecule has 7 nitrogen and oxygen atoms in total. The van der Waals surface area contributed by atoms with Crippen LogP contribution in [0, 0.1) is 5.92 Å². The monoisotopic (exact) mass is 467 g/mol. The third kappa shape index (κ3) is 5.83. The van der Waals surface area contributed by atoms with Crippen LogP contribution in [0.1, 0.15) is 24.8 Å². The highest BCUT2D eigenvalue weighted by Crippen LogP contribution is 2.32. The van der Waals surface area contributed by atoms with Gasteiger partial charge in [0.25, 0.3) is 0 Å². The number of para-hydroxylation sites is 3. The van der Waals surface area contributed by atoms with Crippen LogP contribution in [0.3, 0.4) is 0 Å². The van der Waals surface area contributed by atoms with Gasteiger partial charge < -0.3 is 19.5 Å². The first-order valence-electron chi connectivity index (χ1n) is 12.3. The molecule has 0 bridgehead atoms. The summed E-state index contributed by atoms with van der Waals surface area (Å²) in [6.07, 6.45) is 2.33. The molecule has 184 valence electrons. The van der Waals surface area contributed by atoms with E-state index in [9.17, 15) is 9.90 Å². The maximum Gasteiger partial charge on any atom is 0.305 e. The largest absolute Gasteiger partial charge is 0.508 e. The number of esters is 1. The molecule has 2 aromatic carbocycles. The van der Waals surface area contributed by atoms with Gasteiger partial charge in [-0.3, -0.25) is 14.6 Å². The number of phenolic OH excluding ortho intramolecular Hbond substituents is 1. The molecule has 2 fully saturated rings. The number of aromatic hydroxyl groups is 1. The fourth-order valence-corrected chi connectivity index (χ4v) is 5.48. The lowest BCUT2D eigenvalue weighted by Crippen LogP contribution is -2.56. The third-order valence-electron chi connectivity index (χ3n) is 7.32. The van der Waals surface area contributed by atoms with Crippen molar-refractivity contribution in [1.29, 1.82) is 0 Å². The van der Waals surface area contributed by atoms with Gasteiger partial charge in [-0.15, -0.1) is 0 Å². The maximum atomic E-state index is 11.9. The van der Waals surface area contributed by atoms with Crippen molar-refractivity contribution in [2.75, 3.05) is 58.4 Å². The smallest absolute Gasteiger partial charge is 0.305 e. The number of rotatable bonds is 8. The maximum absolute atomic E-state index is 11.9. The lowest BCUT2D eigenvalue weighted by Gasteiger charge is -2.47. The molecule has 0 unspecified atom stereocenters. The lowest BCUT2D eigenvalue weighted by molar-refractivity contribution is -0.141. The van der Waals surface area contributed by atoms with Gasteiger partial charge in [0.15, 0.2) is 0 Å². The molecule has 0 aliphatic carbocycles. The molecule has 0 radical (unpaired) electrons. The summed E-state index contributed by atoms with van der Waals surface area (Å²) in [6, 6.07) is 16.2. The molecular weight excluding hydrogens is 430 g/mol. The Morgan fingerprint density at radius 2 is 1.74 bits per heavy atom. The second kappa shape index (κ2) is 11.6.